The molecule has 0 saturated carbocycles. The molecular weight excluding hydrogens is 244 g/mol. The second-order valence-electron chi connectivity index (χ2n) is 3.90. The molecule has 0 bridgehead atoms. The fourth-order valence-corrected chi connectivity index (χ4v) is 1.58. The van der Waals surface area contributed by atoms with Gasteiger partial charge in [0.15, 0.2) is 0 Å². The molecule has 2 rings (SSSR count). The number of pyridine rings is 1. The summed E-state index contributed by atoms with van der Waals surface area (Å²) in [4.78, 5) is 26.5. The van der Waals surface area contributed by atoms with Crippen molar-refractivity contribution in [3.63, 3.8) is 0 Å². The van der Waals surface area contributed by atoms with Gasteiger partial charge in [0.25, 0.3) is 5.91 Å². The number of aromatic nitrogens is 1. The van der Waals surface area contributed by atoms with Gasteiger partial charge >= 0.3 is 5.97 Å². The number of rotatable bonds is 4. The molecule has 0 saturated heterocycles. The number of amides is 1. The van der Waals surface area contributed by atoms with Crippen molar-refractivity contribution in [3.05, 3.63) is 65.5 Å². The lowest BCUT2D eigenvalue weighted by Gasteiger charge is -2.05. The number of carboxylic acid groups (broad SMARTS) is 1. The van der Waals surface area contributed by atoms with Gasteiger partial charge in [-0.2, -0.15) is 0 Å². The summed E-state index contributed by atoms with van der Waals surface area (Å²) in [6.07, 6.45) is 1.54. The number of benzene rings is 1. The van der Waals surface area contributed by atoms with Gasteiger partial charge < -0.3 is 10.4 Å². The summed E-state index contributed by atoms with van der Waals surface area (Å²) < 4.78 is 0. The molecule has 19 heavy (non-hydrogen) atoms. The van der Waals surface area contributed by atoms with E-state index in [0.29, 0.717) is 5.69 Å². The van der Waals surface area contributed by atoms with Gasteiger partial charge in [0, 0.05) is 12.7 Å². The average molecular weight is 256 g/mol. The molecule has 0 aliphatic carbocycles. The molecule has 5 nitrogen and oxygen atoms in total. The number of hydrogen-bond acceptors (Lipinski definition) is 3. The van der Waals surface area contributed by atoms with E-state index in [1.807, 2.05) is 0 Å². The predicted molar refractivity (Wildman–Crippen MR) is 68.8 cm³/mol. The number of nitrogens with zero attached hydrogens (tertiary/aromatic N) is 1. The van der Waals surface area contributed by atoms with Crippen molar-refractivity contribution in [2.75, 3.05) is 0 Å². The van der Waals surface area contributed by atoms with Crippen LogP contribution in [0.4, 0.5) is 0 Å². The smallest absolute Gasteiger partial charge is 0.335 e. The summed E-state index contributed by atoms with van der Waals surface area (Å²) in [6.45, 7) is 0.260. The standard InChI is InChI=1S/C14H12N2O3/c17-13(12-6-1-2-7-15-12)16-9-10-4-3-5-11(8-10)14(18)19/h1-8H,9H2,(H,16,17)(H,18,19). The van der Waals surface area contributed by atoms with Crippen molar-refractivity contribution in [2.24, 2.45) is 0 Å². The van der Waals surface area contributed by atoms with Crippen LogP contribution in [0, 0.1) is 0 Å². The summed E-state index contributed by atoms with van der Waals surface area (Å²) in [5.74, 6) is -1.28. The third-order valence-corrected chi connectivity index (χ3v) is 2.52. The number of aromatic carboxylic acids is 1. The Morgan fingerprint density at radius 2 is 2.00 bits per heavy atom. The number of carbonyl (C=O) groups excluding carboxylic acids is 1. The van der Waals surface area contributed by atoms with Gasteiger partial charge in [-0.1, -0.05) is 18.2 Å². The summed E-state index contributed by atoms with van der Waals surface area (Å²) in [6, 6.07) is 11.5. The van der Waals surface area contributed by atoms with Crippen LogP contribution in [0.15, 0.2) is 48.7 Å². The molecule has 1 aromatic carbocycles. The molecule has 2 aromatic rings. The maximum absolute atomic E-state index is 11.7. The maximum atomic E-state index is 11.7. The van der Waals surface area contributed by atoms with Gasteiger partial charge in [-0.25, -0.2) is 4.79 Å². The third-order valence-electron chi connectivity index (χ3n) is 2.52. The summed E-state index contributed by atoms with van der Waals surface area (Å²) >= 11 is 0. The minimum atomic E-state index is -0.988. The molecule has 0 aliphatic rings. The molecule has 0 spiro atoms. The molecule has 0 fully saturated rings. The topological polar surface area (TPSA) is 79.3 Å². The highest BCUT2D eigenvalue weighted by atomic mass is 16.4. The van der Waals surface area contributed by atoms with Crippen LogP contribution < -0.4 is 5.32 Å². The molecule has 0 atom stereocenters. The van der Waals surface area contributed by atoms with Crippen molar-refractivity contribution in [2.45, 2.75) is 6.54 Å². The van der Waals surface area contributed by atoms with Crippen LogP contribution in [0.2, 0.25) is 0 Å². The van der Waals surface area contributed by atoms with E-state index in [4.69, 9.17) is 5.11 Å². The first-order valence-electron chi connectivity index (χ1n) is 5.68. The first-order chi connectivity index (χ1) is 9.16. The van der Waals surface area contributed by atoms with E-state index in [9.17, 15) is 9.59 Å². The maximum Gasteiger partial charge on any atom is 0.335 e. The first kappa shape index (κ1) is 12.8. The molecule has 96 valence electrons. The highest BCUT2D eigenvalue weighted by Gasteiger charge is 2.07. The Labute approximate surface area is 109 Å². The van der Waals surface area contributed by atoms with Gasteiger partial charge in [-0.15, -0.1) is 0 Å². The first-order valence-corrected chi connectivity index (χ1v) is 5.68. The zero-order chi connectivity index (χ0) is 13.7. The Bertz CT molecular complexity index is 597. The Morgan fingerprint density at radius 1 is 1.16 bits per heavy atom. The number of carbonyl (C=O) groups is 2. The molecule has 1 aromatic heterocycles. The number of carboxylic acids is 1. The molecule has 1 amide bonds. The summed E-state index contributed by atoms with van der Waals surface area (Å²) in [5.41, 5.74) is 1.26. The third kappa shape index (κ3) is 3.38. The van der Waals surface area contributed by atoms with Crippen LogP contribution >= 0.6 is 0 Å². The predicted octanol–water partition coefficient (Wildman–Crippen LogP) is 1.71. The minimum absolute atomic E-state index is 0.199. The van der Waals surface area contributed by atoms with Crippen LogP contribution in [-0.4, -0.2) is 22.0 Å². The van der Waals surface area contributed by atoms with Crippen molar-refractivity contribution in [1.82, 2.24) is 10.3 Å². The highest BCUT2D eigenvalue weighted by Crippen LogP contribution is 2.05. The zero-order valence-corrected chi connectivity index (χ0v) is 10.0. The lowest BCUT2D eigenvalue weighted by molar-refractivity contribution is 0.0696. The molecular formula is C14H12N2O3. The fraction of sp³-hybridized carbons (Fsp3) is 0.0714. The monoisotopic (exact) mass is 256 g/mol. The lowest BCUT2D eigenvalue weighted by Crippen LogP contribution is -2.23. The summed E-state index contributed by atoms with van der Waals surface area (Å²) in [5, 5.41) is 11.6. The molecule has 0 aliphatic heterocycles. The van der Waals surface area contributed by atoms with Crippen molar-refractivity contribution >= 4 is 11.9 Å². The second kappa shape index (κ2) is 5.77. The van der Waals surface area contributed by atoms with E-state index in [1.165, 1.54) is 12.1 Å². The molecule has 2 N–H and O–H groups in total. The van der Waals surface area contributed by atoms with Crippen molar-refractivity contribution in [3.8, 4) is 0 Å². The van der Waals surface area contributed by atoms with Gasteiger partial charge in [0.2, 0.25) is 0 Å². The lowest BCUT2D eigenvalue weighted by atomic mass is 10.1. The quantitative estimate of drug-likeness (QED) is 0.872. The fourth-order valence-electron chi connectivity index (χ4n) is 1.58. The zero-order valence-electron chi connectivity index (χ0n) is 10.0. The second-order valence-corrected chi connectivity index (χ2v) is 3.90. The van der Waals surface area contributed by atoms with Gasteiger partial charge in [0.1, 0.15) is 5.69 Å². The van der Waals surface area contributed by atoms with E-state index in [2.05, 4.69) is 10.3 Å². The largest absolute Gasteiger partial charge is 0.478 e. The molecule has 0 unspecified atom stereocenters. The van der Waals surface area contributed by atoms with Crippen molar-refractivity contribution < 1.29 is 14.7 Å². The van der Waals surface area contributed by atoms with Crippen LogP contribution in [0.3, 0.4) is 0 Å². The summed E-state index contributed by atoms with van der Waals surface area (Å²) in [7, 11) is 0. The van der Waals surface area contributed by atoms with Gasteiger partial charge in [0.05, 0.1) is 5.56 Å². The van der Waals surface area contributed by atoms with Crippen LogP contribution in [0.5, 0.6) is 0 Å². The number of nitrogens with one attached hydrogen (secondary N) is 1. The Balaban J connectivity index is 2.01. The van der Waals surface area contributed by atoms with E-state index in [-0.39, 0.29) is 18.0 Å². The SMILES string of the molecule is O=C(O)c1cccc(CNC(=O)c2ccccn2)c1. The van der Waals surface area contributed by atoms with Gasteiger partial charge in [-0.05, 0) is 29.8 Å². The minimum Gasteiger partial charge on any atom is -0.478 e. The molecule has 1 heterocycles. The van der Waals surface area contributed by atoms with Gasteiger partial charge in [-0.3, -0.25) is 9.78 Å². The van der Waals surface area contributed by atoms with Crippen LogP contribution in [0.25, 0.3) is 0 Å². The Morgan fingerprint density at radius 3 is 2.68 bits per heavy atom. The van der Waals surface area contributed by atoms with E-state index < -0.39 is 5.97 Å². The highest BCUT2D eigenvalue weighted by molar-refractivity contribution is 5.92. The van der Waals surface area contributed by atoms with E-state index >= 15 is 0 Å². The average Bonchev–Trinajstić information content (AvgIpc) is 2.46. The molecule has 5 heteroatoms. The molecule has 0 radical (unpaired) electrons. The van der Waals surface area contributed by atoms with Crippen molar-refractivity contribution in [1.29, 1.82) is 0 Å². The van der Waals surface area contributed by atoms with Crippen LogP contribution in [-0.2, 0) is 6.54 Å². The normalized spacial score (nSPS) is 9.89. The Kier molecular flexibility index (Phi) is 3.87. The van der Waals surface area contributed by atoms with E-state index in [0.717, 1.165) is 5.56 Å². The van der Waals surface area contributed by atoms with Crippen LogP contribution in [0.1, 0.15) is 26.4 Å². The van der Waals surface area contributed by atoms with E-state index in [1.54, 1.807) is 36.5 Å². The number of hydrogen-bond donors (Lipinski definition) is 2. The Hall–Kier alpha value is -2.69.